The van der Waals surface area contributed by atoms with Crippen molar-refractivity contribution in [3.05, 3.63) is 36.2 Å². The van der Waals surface area contributed by atoms with Crippen LogP contribution in [0.2, 0.25) is 0 Å². The number of aromatic nitrogens is 1. The van der Waals surface area contributed by atoms with Gasteiger partial charge in [-0.1, -0.05) is 12.8 Å². The molecule has 162 valence electrons. The molecule has 1 saturated heterocycles. The van der Waals surface area contributed by atoms with Crippen molar-refractivity contribution < 1.29 is 13.9 Å². The minimum atomic E-state index is 0.0221. The molecule has 2 fully saturated rings. The normalized spacial score (nSPS) is 20.0. The Morgan fingerprint density at radius 2 is 2.00 bits per heavy atom. The fourth-order valence-electron chi connectivity index (χ4n) is 4.51. The van der Waals surface area contributed by atoms with Gasteiger partial charge in [0.25, 0.3) is 0 Å². The topological polar surface area (TPSA) is 67.6 Å². The van der Waals surface area contributed by atoms with Gasteiger partial charge >= 0.3 is 0 Å². The average Bonchev–Trinajstić information content (AvgIpc) is 3.49. The van der Waals surface area contributed by atoms with Crippen LogP contribution in [-0.2, 0) is 11.2 Å². The fraction of sp³-hybridized carbons (Fsp3) is 0.583. The zero-order chi connectivity index (χ0) is 20.8. The molecule has 2 aliphatic rings. The summed E-state index contributed by atoms with van der Waals surface area (Å²) in [4.78, 5) is 19.2. The lowest BCUT2D eigenvalue weighted by molar-refractivity contribution is -0.121. The van der Waals surface area contributed by atoms with E-state index in [-0.39, 0.29) is 12.3 Å². The van der Waals surface area contributed by atoms with E-state index >= 15 is 0 Å². The Kier molecular flexibility index (Phi) is 7.05. The van der Waals surface area contributed by atoms with Gasteiger partial charge < -0.3 is 19.4 Å². The minimum absolute atomic E-state index is 0.0221. The van der Waals surface area contributed by atoms with Crippen molar-refractivity contribution in [2.75, 3.05) is 19.7 Å². The fourth-order valence-corrected chi connectivity index (χ4v) is 4.51. The second-order valence-electron chi connectivity index (χ2n) is 8.62. The maximum Gasteiger partial charge on any atom is 0.226 e. The molecule has 1 aromatic carbocycles. The summed E-state index contributed by atoms with van der Waals surface area (Å²) in [5.74, 6) is 1.41. The number of carbonyl (C=O) groups is 1. The molecule has 0 spiro atoms. The van der Waals surface area contributed by atoms with Gasteiger partial charge in [0.2, 0.25) is 11.8 Å². The van der Waals surface area contributed by atoms with Crippen LogP contribution in [0, 0.1) is 0 Å². The first-order valence-corrected chi connectivity index (χ1v) is 11.4. The maximum absolute atomic E-state index is 12.2. The SMILES string of the molecule is CC1CCCN1CCCOc1ccc(-c2nc(CC(=O)NC3CCCC3)co2)cc1. The van der Waals surface area contributed by atoms with Crippen LogP contribution in [0.4, 0.5) is 0 Å². The zero-order valence-electron chi connectivity index (χ0n) is 17.9. The Labute approximate surface area is 179 Å². The number of hydrogen-bond acceptors (Lipinski definition) is 5. The Morgan fingerprint density at radius 3 is 2.73 bits per heavy atom. The molecule has 1 amide bonds. The highest BCUT2D eigenvalue weighted by Gasteiger charge is 2.19. The number of likely N-dealkylation sites (tertiary alicyclic amines) is 1. The van der Waals surface area contributed by atoms with Crippen molar-refractivity contribution in [3.8, 4) is 17.2 Å². The summed E-state index contributed by atoms with van der Waals surface area (Å²) in [6, 6.07) is 8.84. The highest BCUT2D eigenvalue weighted by Crippen LogP contribution is 2.23. The zero-order valence-corrected chi connectivity index (χ0v) is 17.9. The van der Waals surface area contributed by atoms with E-state index in [0.717, 1.165) is 43.7 Å². The minimum Gasteiger partial charge on any atom is -0.494 e. The van der Waals surface area contributed by atoms with Gasteiger partial charge in [-0.25, -0.2) is 4.98 Å². The average molecular weight is 412 g/mol. The number of hydrogen-bond donors (Lipinski definition) is 1. The summed E-state index contributed by atoms with van der Waals surface area (Å²) in [5, 5.41) is 3.09. The van der Waals surface area contributed by atoms with Crippen LogP contribution in [0.15, 0.2) is 34.9 Å². The summed E-state index contributed by atoms with van der Waals surface area (Å²) in [7, 11) is 0. The van der Waals surface area contributed by atoms with Crippen molar-refractivity contribution in [3.63, 3.8) is 0 Å². The highest BCUT2D eigenvalue weighted by atomic mass is 16.5. The van der Waals surface area contributed by atoms with Crippen LogP contribution in [0.3, 0.4) is 0 Å². The van der Waals surface area contributed by atoms with Crippen LogP contribution in [0.1, 0.15) is 57.6 Å². The molecule has 4 rings (SSSR count). The second kappa shape index (κ2) is 10.1. The van der Waals surface area contributed by atoms with E-state index in [9.17, 15) is 4.79 Å². The standard InChI is InChI=1S/C24H33N3O3/c1-18-6-4-13-27(18)14-5-15-29-22-11-9-19(10-12-22)24-26-21(17-30-24)16-23(28)25-20-7-2-3-8-20/h9-12,17-18,20H,2-8,13-16H2,1H3,(H,25,28). The van der Waals surface area contributed by atoms with Gasteiger partial charge in [0.1, 0.15) is 12.0 Å². The highest BCUT2D eigenvalue weighted by molar-refractivity contribution is 5.78. The number of oxazole rings is 1. The lowest BCUT2D eigenvalue weighted by Gasteiger charge is -2.20. The van der Waals surface area contributed by atoms with Crippen LogP contribution in [-0.4, -0.2) is 47.6 Å². The molecule has 1 atom stereocenters. The van der Waals surface area contributed by atoms with Gasteiger partial charge in [-0.3, -0.25) is 4.79 Å². The molecule has 6 heteroatoms. The number of rotatable bonds is 9. The Morgan fingerprint density at radius 1 is 1.20 bits per heavy atom. The predicted molar refractivity (Wildman–Crippen MR) is 116 cm³/mol. The molecule has 2 aromatic rings. The van der Waals surface area contributed by atoms with E-state index in [0.29, 0.717) is 23.7 Å². The molecule has 1 saturated carbocycles. The van der Waals surface area contributed by atoms with Gasteiger partial charge in [0.15, 0.2) is 0 Å². The van der Waals surface area contributed by atoms with E-state index in [1.807, 2.05) is 24.3 Å². The van der Waals surface area contributed by atoms with Crippen LogP contribution >= 0.6 is 0 Å². The molecule has 2 heterocycles. The second-order valence-corrected chi connectivity index (χ2v) is 8.62. The van der Waals surface area contributed by atoms with Gasteiger partial charge in [0.05, 0.1) is 18.7 Å². The summed E-state index contributed by atoms with van der Waals surface area (Å²) >= 11 is 0. The number of nitrogens with zero attached hydrogens (tertiary/aromatic N) is 2. The molecule has 1 aliphatic heterocycles. The summed E-state index contributed by atoms with van der Waals surface area (Å²) in [6.45, 7) is 5.35. The number of ether oxygens (including phenoxy) is 1. The van der Waals surface area contributed by atoms with Crippen molar-refractivity contribution in [1.29, 1.82) is 0 Å². The maximum atomic E-state index is 12.2. The molecule has 30 heavy (non-hydrogen) atoms. The third kappa shape index (κ3) is 5.63. The third-order valence-electron chi connectivity index (χ3n) is 6.26. The largest absolute Gasteiger partial charge is 0.494 e. The Hall–Kier alpha value is -2.34. The summed E-state index contributed by atoms with van der Waals surface area (Å²) in [6.07, 6.45) is 10.1. The molecule has 0 radical (unpaired) electrons. The van der Waals surface area contributed by atoms with Crippen molar-refractivity contribution >= 4 is 5.91 Å². The monoisotopic (exact) mass is 411 g/mol. The molecule has 1 N–H and O–H groups in total. The lowest BCUT2D eigenvalue weighted by atomic mass is 10.2. The van der Waals surface area contributed by atoms with Crippen LogP contribution < -0.4 is 10.1 Å². The first-order valence-electron chi connectivity index (χ1n) is 11.4. The third-order valence-corrected chi connectivity index (χ3v) is 6.26. The molecular weight excluding hydrogens is 378 g/mol. The Balaban J connectivity index is 1.22. The van der Waals surface area contributed by atoms with E-state index in [1.54, 1.807) is 6.26 Å². The molecule has 0 bridgehead atoms. The van der Waals surface area contributed by atoms with Crippen molar-refractivity contribution in [2.45, 2.75) is 70.4 Å². The lowest BCUT2D eigenvalue weighted by Crippen LogP contribution is -2.33. The van der Waals surface area contributed by atoms with E-state index in [4.69, 9.17) is 9.15 Å². The molecule has 1 aliphatic carbocycles. The smallest absolute Gasteiger partial charge is 0.226 e. The van der Waals surface area contributed by atoms with Crippen molar-refractivity contribution in [1.82, 2.24) is 15.2 Å². The quantitative estimate of drug-likeness (QED) is 0.627. The molecule has 1 unspecified atom stereocenters. The molecule has 6 nitrogen and oxygen atoms in total. The van der Waals surface area contributed by atoms with E-state index in [2.05, 4.69) is 22.1 Å². The molecular formula is C24H33N3O3. The number of carbonyl (C=O) groups excluding carboxylic acids is 1. The van der Waals surface area contributed by atoms with Gasteiger partial charge in [-0.05, 0) is 69.8 Å². The van der Waals surface area contributed by atoms with Gasteiger partial charge in [-0.15, -0.1) is 0 Å². The summed E-state index contributed by atoms with van der Waals surface area (Å²) < 4.78 is 11.5. The van der Waals surface area contributed by atoms with Gasteiger partial charge in [-0.2, -0.15) is 0 Å². The molecule has 1 aromatic heterocycles. The number of benzene rings is 1. The van der Waals surface area contributed by atoms with Gasteiger partial charge in [0, 0.05) is 24.2 Å². The van der Waals surface area contributed by atoms with Crippen LogP contribution in [0.5, 0.6) is 5.75 Å². The Bertz CT molecular complexity index is 811. The van der Waals surface area contributed by atoms with E-state index < -0.39 is 0 Å². The van der Waals surface area contributed by atoms with Crippen molar-refractivity contribution in [2.24, 2.45) is 0 Å². The first kappa shape index (κ1) is 20.9. The number of amides is 1. The summed E-state index contributed by atoms with van der Waals surface area (Å²) in [5.41, 5.74) is 1.55. The predicted octanol–water partition coefficient (Wildman–Crippen LogP) is 4.20. The first-order chi connectivity index (χ1) is 14.7. The van der Waals surface area contributed by atoms with Crippen LogP contribution in [0.25, 0.3) is 11.5 Å². The van der Waals surface area contributed by atoms with E-state index in [1.165, 1.54) is 32.2 Å². The number of nitrogens with one attached hydrogen (secondary N) is 1.